The smallest absolute Gasteiger partial charge is 0.319 e. The average molecular weight is 323 g/mol. The second-order valence-electron chi connectivity index (χ2n) is 5.17. The van der Waals surface area contributed by atoms with Crippen LogP contribution in [-0.2, 0) is 6.54 Å². The van der Waals surface area contributed by atoms with Crippen LogP contribution in [-0.4, -0.2) is 11.0 Å². The van der Waals surface area contributed by atoms with E-state index in [-0.39, 0.29) is 6.03 Å². The summed E-state index contributed by atoms with van der Waals surface area (Å²) in [4.78, 5) is 16.4. The van der Waals surface area contributed by atoms with E-state index in [2.05, 4.69) is 21.7 Å². The van der Waals surface area contributed by atoms with Crippen LogP contribution in [0.1, 0.15) is 11.3 Å². The van der Waals surface area contributed by atoms with E-state index >= 15 is 0 Å². The van der Waals surface area contributed by atoms with E-state index in [4.69, 9.17) is 0 Å². The highest BCUT2D eigenvalue weighted by molar-refractivity contribution is 7.13. The summed E-state index contributed by atoms with van der Waals surface area (Å²) in [6.45, 7) is 2.45. The molecule has 116 valence electrons. The van der Waals surface area contributed by atoms with Gasteiger partial charge in [0.15, 0.2) is 0 Å². The summed E-state index contributed by atoms with van der Waals surface area (Å²) in [5.74, 6) is 0. The molecule has 0 aliphatic rings. The van der Waals surface area contributed by atoms with Crippen LogP contribution in [0.5, 0.6) is 0 Å². The van der Waals surface area contributed by atoms with Crippen molar-refractivity contribution in [2.24, 2.45) is 0 Å². The molecule has 0 aliphatic heterocycles. The lowest BCUT2D eigenvalue weighted by atomic mass is 10.1. The minimum atomic E-state index is -0.216. The number of benzene rings is 2. The number of aromatic nitrogens is 1. The topological polar surface area (TPSA) is 54.0 Å². The number of hydrogen-bond acceptors (Lipinski definition) is 3. The van der Waals surface area contributed by atoms with Crippen LogP contribution in [0.3, 0.4) is 0 Å². The Morgan fingerprint density at radius 2 is 1.96 bits per heavy atom. The second kappa shape index (κ2) is 7.07. The molecular formula is C18H17N3OS. The first-order valence-electron chi connectivity index (χ1n) is 7.32. The highest BCUT2D eigenvalue weighted by Gasteiger charge is 2.05. The van der Waals surface area contributed by atoms with E-state index in [0.29, 0.717) is 6.54 Å². The summed E-state index contributed by atoms with van der Waals surface area (Å²) in [5, 5.41) is 8.70. The highest BCUT2D eigenvalue weighted by atomic mass is 32.1. The van der Waals surface area contributed by atoms with Crippen molar-refractivity contribution in [3.63, 3.8) is 0 Å². The molecular weight excluding hydrogens is 306 g/mol. The summed E-state index contributed by atoms with van der Waals surface area (Å²) in [6.07, 6.45) is 0. The monoisotopic (exact) mass is 323 g/mol. The van der Waals surface area contributed by atoms with E-state index in [9.17, 15) is 4.79 Å². The largest absolute Gasteiger partial charge is 0.334 e. The molecule has 3 rings (SSSR count). The highest BCUT2D eigenvalue weighted by Crippen LogP contribution is 2.24. The van der Waals surface area contributed by atoms with Crippen LogP contribution in [0.25, 0.3) is 10.6 Å². The minimum absolute atomic E-state index is 0.216. The van der Waals surface area contributed by atoms with Gasteiger partial charge in [-0.05, 0) is 30.7 Å². The van der Waals surface area contributed by atoms with Gasteiger partial charge in [-0.1, -0.05) is 36.4 Å². The minimum Gasteiger partial charge on any atom is -0.334 e. The Kier molecular flexibility index (Phi) is 4.68. The summed E-state index contributed by atoms with van der Waals surface area (Å²) in [7, 11) is 0. The number of amides is 2. The van der Waals surface area contributed by atoms with E-state index in [0.717, 1.165) is 27.5 Å². The van der Waals surface area contributed by atoms with Crippen LogP contribution in [0.4, 0.5) is 10.5 Å². The Balaban J connectivity index is 1.61. The molecule has 23 heavy (non-hydrogen) atoms. The molecule has 0 radical (unpaired) electrons. The third-order valence-electron chi connectivity index (χ3n) is 3.28. The first-order chi connectivity index (χ1) is 11.2. The van der Waals surface area contributed by atoms with Gasteiger partial charge >= 0.3 is 6.03 Å². The molecule has 0 unspecified atom stereocenters. The predicted octanol–water partition coefficient (Wildman–Crippen LogP) is 4.44. The van der Waals surface area contributed by atoms with E-state index < -0.39 is 0 Å². The number of thiazole rings is 1. The van der Waals surface area contributed by atoms with Gasteiger partial charge in [-0.2, -0.15) is 0 Å². The van der Waals surface area contributed by atoms with Gasteiger partial charge in [-0.15, -0.1) is 11.3 Å². The molecule has 3 aromatic rings. The fourth-order valence-corrected chi connectivity index (χ4v) is 2.97. The van der Waals surface area contributed by atoms with Crippen LogP contribution in [0.15, 0.2) is 60.0 Å². The van der Waals surface area contributed by atoms with Crippen LogP contribution in [0, 0.1) is 6.92 Å². The quantitative estimate of drug-likeness (QED) is 0.746. The third-order valence-corrected chi connectivity index (χ3v) is 4.29. The van der Waals surface area contributed by atoms with Gasteiger partial charge in [-0.25, -0.2) is 9.78 Å². The van der Waals surface area contributed by atoms with Gasteiger partial charge in [0.2, 0.25) is 0 Å². The zero-order valence-corrected chi connectivity index (χ0v) is 13.6. The zero-order chi connectivity index (χ0) is 16.1. The lowest BCUT2D eigenvalue weighted by molar-refractivity contribution is 0.251. The molecule has 0 saturated carbocycles. The van der Waals surface area contributed by atoms with Crippen molar-refractivity contribution in [1.82, 2.24) is 10.3 Å². The van der Waals surface area contributed by atoms with Gasteiger partial charge < -0.3 is 10.6 Å². The Bertz CT molecular complexity index is 799. The average Bonchev–Trinajstić information content (AvgIpc) is 3.01. The molecule has 5 heteroatoms. The van der Waals surface area contributed by atoms with Crippen molar-refractivity contribution in [1.29, 1.82) is 0 Å². The number of carbonyl (C=O) groups excluding carboxylic acids is 1. The number of carbonyl (C=O) groups is 1. The maximum Gasteiger partial charge on any atom is 0.319 e. The number of nitrogens with one attached hydrogen (secondary N) is 2. The second-order valence-corrected chi connectivity index (χ2v) is 6.03. The van der Waals surface area contributed by atoms with Crippen LogP contribution in [0.2, 0.25) is 0 Å². The van der Waals surface area contributed by atoms with Crippen LogP contribution < -0.4 is 10.6 Å². The maximum absolute atomic E-state index is 11.9. The molecule has 2 aromatic carbocycles. The Hall–Kier alpha value is -2.66. The number of hydrogen-bond donors (Lipinski definition) is 2. The van der Waals surface area contributed by atoms with Gasteiger partial charge in [0.05, 0.1) is 0 Å². The molecule has 4 nitrogen and oxygen atoms in total. The van der Waals surface area contributed by atoms with Crippen molar-refractivity contribution in [2.45, 2.75) is 13.5 Å². The predicted molar refractivity (Wildman–Crippen MR) is 94.6 cm³/mol. The molecule has 0 spiro atoms. The van der Waals surface area contributed by atoms with Gasteiger partial charge in [0, 0.05) is 28.9 Å². The Morgan fingerprint density at radius 3 is 2.70 bits per heavy atom. The number of para-hydroxylation sites is 1. The van der Waals surface area contributed by atoms with Crippen molar-refractivity contribution in [3.8, 4) is 10.6 Å². The lowest BCUT2D eigenvalue weighted by Crippen LogP contribution is -2.28. The zero-order valence-electron chi connectivity index (χ0n) is 12.7. The molecule has 2 N–H and O–H groups in total. The molecule has 0 atom stereocenters. The van der Waals surface area contributed by atoms with Gasteiger partial charge in [0.25, 0.3) is 0 Å². The number of rotatable bonds is 4. The molecule has 0 fully saturated rings. The fourth-order valence-electron chi connectivity index (χ4n) is 2.18. The molecule has 1 aromatic heterocycles. The van der Waals surface area contributed by atoms with Crippen LogP contribution >= 0.6 is 11.3 Å². The van der Waals surface area contributed by atoms with Crippen molar-refractivity contribution in [2.75, 3.05) is 5.32 Å². The maximum atomic E-state index is 11.9. The molecule has 0 aliphatic carbocycles. The van der Waals surface area contributed by atoms with Crippen molar-refractivity contribution < 1.29 is 4.79 Å². The number of aryl methyl sites for hydroxylation is 1. The van der Waals surface area contributed by atoms with E-state index in [1.807, 2.05) is 60.8 Å². The number of nitrogens with zero attached hydrogens (tertiary/aromatic N) is 1. The summed E-state index contributed by atoms with van der Waals surface area (Å²) in [5.41, 5.74) is 3.91. The molecule has 0 bridgehead atoms. The van der Waals surface area contributed by atoms with Crippen molar-refractivity contribution in [3.05, 3.63) is 71.2 Å². The van der Waals surface area contributed by atoms with Gasteiger partial charge in [0.1, 0.15) is 5.01 Å². The summed E-state index contributed by atoms with van der Waals surface area (Å²) in [6, 6.07) is 17.2. The Morgan fingerprint density at radius 1 is 1.13 bits per heavy atom. The first kappa shape index (κ1) is 15.2. The van der Waals surface area contributed by atoms with Gasteiger partial charge in [-0.3, -0.25) is 0 Å². The molecule has 0 saturated heterocycles. The summed E-state index contributed by atoms with van der Waals surface area (Å²) >= 11 is 1.63. The normalized spacial score (nSPS) is 10.3. The van der Waals surface area contributed by atoms with E-state index in [1.165, 1.54) is 0 Å². The van der Waals surface area contributed by atoms with Crippen molar-refractivity contribution >= 4 is 23.1 Å². The third kappa shape index (κ3) is 4.17. The first-order valence-corrected chi connectivity index (χ1v) is 8.20. The number of urea groups is 1. The number of anilines is 1. The fraction of sp³-hybridized carbons (Fsp3) is 0.111. The SMILES string of the molecule is Cc1csc(-c2cccc(CNC(=O)Nc3ccccc3)c2)n1. The standard InChI is InChI=1S/C18H17N3OS/c1-13-12-23-17(20-13)15-7-5-6-14(10-15)11-19-18(22)21-16-8-3-2-4-9-16/h2-10,12H,11H2,1H3,(H2,19,21,22). The lowest BCUT2D eigenvalue weighted by Gasteiger charge is -2.08. The molecule has 2 amide bonds. The molecule has 1 heterocycles. The van der Waals surface area contributed by atoms with E-state index in [1.54, 1.807) is 11.3 Å². The summed E-state index contributed by atoms with van der Waals surface area (Å²) < 4.78 is 0. The Labute approximate surface area is 139 Å².